The molecule has 0 aliphatic heterocycles. The van der Waals surface area contributed by atoms with Crippen molar-refractivity contribution in [1.29, 1.82) is 0 Å². The summed E-state index contributed by atoms with van der Waals surface area (Å²) >= 11 is 1.79. The predicted molar refractivity (Wildman–Crippen MR) is 258 cm³/mol. The third-order valence-corrected chi connectivity index (χ3v) is 14.5. The van der Waals surface area contributed by atoms with Crippen molar-refractivity contribution in [2.24, 2.45) is 0 Å². The van der Waals surface area contributed by atoms with E-state index >= 15 is 0 Å². The summed E-state index contributed by atoms with van der Waals surface area (Å²) in [4.78, 5) is 15.7. The lowest BCUT2D eigenvalue weighted by atomic mass is 9.70. The van der Waals surface area contributed by atoms with Crippen LogP contribution in [-0.4, -0.2) is 15.0 Å². The molecule has 0 atom stereocenters. The molecule has 292 valence electrons. The molecule has 3 aromatic heterocycles. The van der Waals surface area contributed by atoms with Crippen LogP contribution in [0.15, 0.2) is 205 Å². The van der Waals surface area contributed by atoms with Gasteiger partial charge in [-0.05, 0) is 92.0 Å². The van der Waals surface area contributed by atoms with E-state index in [4.69, 9.17) is 19.4 Å². The van der Waals surface area contributed by atoms with Gasteiger partial charge in [0.1, 0.15) is 11.2 Å². The number of aromatic nitrogens is 3. The van der Waals surface area contributed by atoms with Gasteiger partial charge in [0, 0.05) is 47.6 Å². The lowest BCUT2D eigenvalue weighted by Gasteiger charge is -2.30. The fourth-order valence-electron chi connectivity index (χ4n) is 10.8. The third-order valence-electron chi connectivity index (χ3n) is 13.4. The first kappa shape index (κ1) is 34.7. The number of rotatable bonds is 4. The number of nitrogens with zero attached hydrogens (tertiary/aromatic N) is 3. The van der Waals surface area contributed by atoms with Crippen LogP contribution in [0.5, 0.6) is 0 Å². The van der Waals surface area contributed by atoms with Crippen LogP contribution in [0.4, 0.5) is 0 Å². The van der Waals surface area contributed by atoms with Gasteiger partial charge in [-0.1, -0.05) is 164 Å². The molecule has 5 heteroatoms. The van der Waals surface area contributed by atoms with Crippen LogP contribution in [-0.2, 0) is 5.41 Å². The van der Waals surface area contributed by atoms with E-state index in [0.717, 1.165) is 55.1 Å². The van der Waals surface area contributed by atoms with Gasteiger partial charge in [-0.3, -0.25) is 0 Å². The van der Waals surface area contributed by atoms with Crippen molar-refractivity contribution in [1.82, 2.24) is 15.0 Å². The summed E-state index contributed by atoms with van der Waals surface area (Å²) < 4.78 is 9.07. The zero-order chi connectivity index (χ0) is 41.2. The Morgan fingerprint density at radius 1 is 0.333 bits per heavy atom. The highest BCUT2D eigenvalue weighted by molar-refractivity contribution is 7.25. The molecule has 0 radical (unpaired) electrons. The van der Waals surface area contributed by atoms with Crippen molar-refractivity contribution in [2.75, 3.05) is 0 Å². The largest absolute Gasteiger partial charge is 0.456 e. The number of fused-ring (bicyclic) bond motifs is 16. The molecule has 4 nitrogen and oxygen atoms in total. The topological polar surface area (TPSA) is 51.8 Å². The van der Waals surface area contributed by atoms with E-state index in [-0.39, 0.29) is 0 Å². The molecule has 2 aliphatic carbocycles. The lowest BCUT2D eigenvalue weighted by molar-refractivity contribution is 0.669. The fraction of sp³-hybridized carbons (Fsp3) is 0.0172. The maximum Gasteiger partial charge on any atom is 0.164 e. The van der Waals surface area contributed by atoms with Gasteiger partial charge in [-0.2, -0.15) is 0 Å². The van der Waals surface area contributed by atoms with E-state index in [1.54, 1.807) is 11.3 Å². The molecular weight excluding hydrogens is 787 g/mol. The molecule has 9 aromatic carbocycles. The Morgan fingerprint density at radius 2 is 0.873 bits per heavy atom. The van der Waals surface area contributed by atoms with E-state index in [1.165, 1.54) is 59.3 Å². The zero-order valence-corrected chi connectivity index (χ0v) is 34.5. The molecule has 0 N–H and O–H groups in total. The normalized spacial score (nSPS) is 13.2. The Hall–Kier alpha value is -7.99. The summed E-state index contributed by atoms with van der Waals surface area (Å²) in [7, 11) is 0. The molecule has 0 saturated heterocycles. The Bertz CT molecular complexity index is 3820. The number of thiophene rings is 1. The van der Waals surface area contributed by atoms with Crippen LogP contribution in [0.2, 0.25) is 0 Å². The summed E-state index contributed by atoms with van der Waals surface area (Å²) in [5.41, 5.74) is 16.8. The number of benzene rings is 9. The summed E-state index contributed by atoms with van der Waals surface area (Å²) in [6.07, 6.45) is 0. The molecule has 1 spiro atoms. The van der Waals surface area contributed by atoms with Crippen LogP contribution in [0, 0.1) is 0 Å². The van der Waals surface area contributed by atoms with Gasteiger partial charge in [0.25, 0.3) is 0 Å². The van der Waals surface area contributed by atoms with Crippen molar-refractivity contribution in [3.63, 3.8) is 0 Å². The van der Waals surface area contributed by atoms with Gasteiger partial charge in [-0.15, -0.1) is 11.3 Å². The fourth-order valence-corrected chi connectivity index (χ4v) is 11.9. The van der Waals surface area contributed by atoms with Crippen LogP contribution < -0.4 is 0 Å². The van der Waals surface area contributed by atoms with Gasteiger partial charge < -0.3 is 4.42 Å². The number of furan rings is 1. The Balaban J connectivity index is 0.975. The molecule has 3 heterocycles. The minimum atomic E-state index is -0.415. The van der Waals surface area contributed by atoms with Crippen molar-refractivity contribution >= 4 is 53.4 Å². The summed E-state index contributed by atoms with van der Waals surface area (Å²) in [6, 6.07) is 72.0. The van der Waals surface area contributed by atoms with Crippen molar-refractivity contribution in [3.05, 3.63) is 222 Å². The highest BCUT2D eigenvalue weighted by atomic mass is 32.1. The highest BCUT2D eigenvalue weighted by Gasteiger charge is 2.51. The molecule has 0 amide bonds. The first-order chi connectivity index (χ1) is 31.2. The first-order valence-corrected chi connectivity index (χ1v) is 22.2. The van der Waals surface area contributed by atoms with E-state index in [0.29, 0.717) is 17.5 Å². The monoisotopic (exact) mass is 819 g/mol. The molecule has 14 rings (SSSR count). The van der Waals surface area contributed by atoms with Crippen LogP contribution >= 0.6 is 11.3 Å². The standard InChI is InChI=1S/C58H33N3OS/c1-2-14-34(15-3-1)55-59-56(61-57(60-55)43-21-13-27-52-54(43)41-19-7-11-26-51(41)63-52)42-20-12-25-50-53(42)44-32-35(29-31-49(44)62-50)36-28-30-40-39-18-6-10-24-47(39)58(48(40)33-36)45-22-8-4-16-37(45)38-17-5-9-23-46(38)58/h1-33H. The molecule has 12 aromatic rings. The molecule has 0 saturated carbocycles. The Morgan fingerprint density at radius 3 is 1.60 bits per heavy atom. The highest BCUT2D eigenvalue weighted by Crippen LogP contribution is 2.63. The molecular formula is C58H33N3OS. The number of hydrogen-bond acceptors (Lipinski definition) is 5. The average Bonchev–Trinajstić information content (AvgIpc) is 4.09. The summed E-state index contributed by atoms with van der Waals surface area (Å²) in [6.45, 7) is 0. The van der Waals surface area contributed by atoms with Gasteiger partial charge in [0.05, 0.1) is 5.41 Å². The van der Waals surface area contributed by atoms with E-state index in [9.17, 15) is 0 Å². The molecule has 2 aliphatic rings. The molecule has 0 fully saturated rings. The van der Waals surface area contributed by atoms with Gasteiger partial charge >= 0.3 is 0 Å². The second-order valence-electron chi connectivity index (χ2n) is 16.6. The van der Waals surface area contributed by atoms with Crippen LogP contribution in [0.1, 0.15) is 22.3 Å². The van der Waals surface area contributed by atoms with E-state index in [2.05, 4.69) is 170 Å². The van der Waals surface area contributed by atoms with Gasteiger partial charge in [0.15, 0.2) is 17.5 Å². The maximum atomic E-state index is 6.63. The number of hydrogen-bond donors (Lipinski definition) is 0. The molecule has 0 unspecified atom stereocenters. The minimum Gasteiger partial charge on any atom is -0.456 e. The second kappa shape index (κ2) is 13.0. The SMILES string of the molecule is c1ccc(-c2nc(-c3cccc4oc5ccc(-c6ccc7c(c6)C6(c8ccccc8-c8ccccc86)c6ccccc6-7)cc5c34)nc(-c3cccc4sc5ccccc5c34)n2)cc1. The Labute approximate surface area is 366 Å². The average molecular weight is 820 g/mol. The van der Waals surface area contributed by atoms with Crippen molar-refractivity contribution in [2.45, 2.75) is 5.41 Å². The first-order valence-electron chi connectivity index (χ1n) is 21.3. The van der Waals surface area contributed by atoms with Crippen molar-refractivity contribution in [3.8, 4) is 67.5 Å². The minimum absolute atomic E-state index is 0.415. The van der Waals surface area contributed by atoms with Crippen molar-refractivity contribution < 1.29 is 4.42 Å². The maximum absolute atomic E-state index is 6.63. The summed E-state index contributed by atoms with van der Waals surface area (Å²) in [5, 5.41) is 4.36. The van der Waals surface area contributed by atoms with Crippen LogP contribution in [0.25, 0.3) is 110 Å². The zero-order valence-electron chi connectivity index (χ0n) is 33.7. The van der Waals surface area contributed by atoms with Crippen LogP contribution in [0.3, 0.4) is 0 Å². The Kier molecular flexibility index (Phi) is 7.16. The molecule has 63 heavy (non-hydrogen) atoms. The lowest BCUT2D eigenvalue weighted by Crippen LogP contribution is -2.25. The van der Waals surface area contributed by atoms with Gasteiger partial charge in [-0.25, -0.2) is 15.0 Å². The van der Waals surface area contributed by atoms with Gasteiger partial charge in [0.2, 0.25) is 0 Å². The molecule has 0 bridgehead atoms. The quantitative estimate of drug-likeness (QED) is 0.177. The van der Waals surface area contributed by atoms with E-state index in [1.807, 2.05) is 30.3 Å². The second-order valence-corrected chi connectivity index (χ2v) is 17.7. The summed E-state index contributed by atoms with van der Waals surface area (Å²) in [5.74, 6) is 1.87. The predicted octanol–water partition coefficient (Wildman–Crippen LogP) is 15.2. The van der Waals surface area contributed by atoms with E-state index < -0.39 is 5.41 Å². The third kappa shape index (κ3) is 4.83. The smallest absolute Gasteiger partial charge is 0.164 e.